The number of fused-ring (bicyclic) bond motifs is 1. The first-order valence-corrected chi connectivity index (χ1v) is 9.14. The van der Waals surface area contributed by atoms with E-state index in [2.05, 4.69) is 46.5 Å². The zero-order valence-corrected chi connectivity index (χ0v) is 14.3. The van der Waals surface area contributed by atoms with E-state index in [1.807, 2.05) is 0 Å². The molecule has 3 heteroatoms. The lowest BCUT2D eigenvalue weighted by Crippen LogP contribution is -2.47. The van der Waals surface area contributed by atoms with Crippen molar-refractivity contribution in [3.05, 3.63) is 28.2 Å². The number of rotatable bonds is 2. The second kappa shape index (κ2) is 5.27. The van der Waals surface area contributed by atoms with Gasteiger partial charge in [-0.15, -0.1) is 0 Å². The number of halogens is 1. The van der Waals surface area contributed by atoms with Gasteiger partial charge in [0.15, 0.2) is 0 Å². The molecular weight excluding hydrogens is 326 g/mol. The van der Waals surface area contributed by atoms with Crippen LogP contribution in [0.4, 0.5) is 0 Å². The van der Waals surface area contributed by atoms with Crippen molar-refractivity contribution in [1.29, 1.82) is 0 Å². The molecule has 1 N–H and O–H groups in total. The van der Waals surface area contributed by atoms with Gasteiger partial charge in [-0.25, -0.2) is 0 Å². The van der Waals surface area contributed by atoms with E-state index >= 15 is 0 Å². The molecule has 3 atom stereocenters. The summed E-state index contributed by atoms with van der Waals surface area (Å²) in [5.74, 6) is 3.00. The van der Waals surface area contributed by atoms with Crippen LogP contribution in [0, 0.1) is 11.8 Å². The van der Waals surface area contributed by atoms with Crippen molar-refractivity contribution in [2.45, 2.75) is 56.6 Å². The third-order valence-corrected chi connectivity index (χ3v) is 6.23. The predicted molar refractivity (Wildman–Crippen MR) is 88.6 cm³/mol. The second-order valence-electron chi connectivity index (χ2n) is 7.21. The highest BCUT2D eigenvalue weighted by Crippen LogP contribution is 2.52. The Labute approximate surface area is 135 Å². The molecule has 4 rings (SSSR count). The van der Waals surface area contributed by atoms with E-state index in [0.29, 0.717) is 6.04 Å². The summed E-state index contributed by atoms with van der Waals surface area (Å²) < 4.78 is 7.73. The van der Waals surface area contributed by atoms with Gasteiger partial charge in [0.1, 0.15) is 11.4 Å². The van der Waals surface area contributed by atoms with Gasteiger partial charge in [-0.05, 0) is 69.5 Å². The summed E-state index contributed by atoms with van der Waals surface area (Å²) in [6, 6.07) is 6.91. The molecular formula is C18H24BrNO. The van der Waals surface area contributed by atoms with Gasteiger partial charge in [0.05, 0.1) is 0 Å². The van der Waals surface area contributed by atoms with E-state index in [9.17, 15) is 0 Å². The van der Waals surface area contributed by atoms with Gasteiger partial charge in [-0.2, -0.15) is 0 Å². The average molecular weight is 350 g/mol. The number of nitrogens with one attached hydrogen (secondary N) is 1. The Hall–Kier alpha value is -0.540. The predicted octanol–water partition coefficient (Wildman–Crippen LogP) is 4.83. The molecule has 114 valence electrons. The zero-order valence-electron chi connectivity index (χ0n) is 12.7. The number of hydrogen-bond donors (Lipinski definition) is 1. The molecule has 0 bridgehead atoms. The first-order valence-electron chi connectivity index (χ1n) is 8.35. The third kappa shape index (κ3) is 2.63. The normalized spacial score (nSPS) is 35.3. The number of hydrogen-bond acceptors (Lipinski definition) is 2. The first-order chi connectivity index (χ1) is 10.2. The van der Waals surface area contributed by atoms with E-state index in [4.69, 9.17) is 4.74 Å². The Bertz CT molecular complexity index is 542. The smallest absolute Gasteiger partial charge is 0.126 e. The Balaban J connectivity index is 1.65. The van der Waals surface area contributed by atoms with Crippen molar-refractivity contribution in [2.24, 2.45) is 11.8 Å². The maximum atomic E-state index is 6.61. The lowest BCUT2D eigenvalue weighted by molar-refractivity contribution is -0.0239. The highest BCUT2D eigenvalue weighted by molar-refractivity contribution is 9.10. The summed E-state index contributed by atoms with van der Waals surface area (Å²) in [5.41, 5.74) is 1.40. The SMILES string of the molecule is CNC1CC2(CCCC(C3CC3)C2)Oc2cc(Br)ccc21. The fourth-order valence-electron chi connectivity index (χ4n) is 4.52. The molecule has 2 saturated carbocycles. The van der Waals surface area contributed by atoms with Crippen LogP contribution in [0.3, 0.4) is 0 Å². The molecule has 2 nitrogen and oxygen atoms in total. The molecule has 2 aliphatic carbocycles. The van der Waals surface area contributed by atoms with Crippen LogP contribution in [0.25, 0.3) is 0 Å². The van der Waals surface area contributed by atoms with Crippen LogP contribution < -0.4 is 10.1 Å². The van der Waals surface area contributed by atoms with Gasteiger partial charge >= 0.3 is 0 Å². The lowest BCUT2D eigenvalue weighted by atomic mass is 9.71. The van der Waals surface area contributed by atoms with Gasteiger partial charge in [0, 0.05) is 22.5 Å². The molecule has 1 aromatic rings. The van der Waals surface area contributed by atoms with Crippen LogP contribution in [0.1, 0.15) is 56.6 Å². The molecule has 0 radical (unpaired) electrons. The number of benzene rings is 1. The molecule has 0 saturated heterocycles. The van der Waals surface area contributed by atoms with Crippen LogP contribution in [-0.2, 0) is 0 Å². The summed E-state index contributed by atoms with van der Waals surface area (Å²) in [6.45, 7) is 0. The molecule has 3 aliphatic rings. The average Bonchev–Trinajstić information content (AvgIpc) is 3.30. The summed E-state index contributed by atoms with van der Waals surface area (Å²) in [6.07, 6.45) is 9.28. The monoisotopic (exact) mass is 349 g/mol. The molecule has 1 aromatic carbocycles. The van der Waals surface area contributed by atoms with Crippen molar-refractivity contribution in [1.82, 2.24) is 5.32 Å². The highest BCUT2D eigenvalue weighted by atomic mass is 79.9. The summed E-state index contributed by atoms with van der Waals surface area (Å²) in [4.78, 5) is 0. The van der Waals surface area contributed by atoms with Crippen LogP contribution >= 0.6 is 15.9 Å². The third-order valence-electron chi connectivity index (χ3n) is 5.73. The largest absolute Gasteiger partial charge is 0.487 e. The van der Waals surface area contributed by atoms with Crippen LogP contribution in [0.2, 0.25) is 0 Å². The van der Waals surface area contributed by atoms with Gasteiger partial charge < -0.3 is 10.1 Å². The van der Waals surface area contributed by atoms with E-state index in [1.54, 1.807) is 0 Å². The van der Waals surface area contributed by atoms with Crippen LogP contribution in [0.15, 0.2) is 22.7 Å². The van der Waals surface area contributed by atoms with Crippen LogP contribution in [-0.4, -0.2) is 12.6 Å². The quantitative estimate of drug-likeness (QED) is 0.825. The summed E-state index contributed by atoms with van der Waals surface area (Å²) in [7, 11) is 2.08. The van der Waals surface area contributed by atoms with Gasteiger partial charge in [-0.1, -0.05) is 22.0 Å². The minimum atomic E-state index is 0.0764. The lowest BCUT2D eigenvalue weighted by Gasteiger charge is -2.47. The van der Waals surface area contributed by atoms with E-state index < -0.39 is 0 Å². The zero-order chi connectivity index (χ0) is 14.4. The molecule has 3 unspecified atom stereocenters. The van der Waals surface area contributed by atoms with E-state index in [1.165, 1.54) is 44.1 Å². The minimum Gasteiger partial charge on any atom is -0.487 e. The number of ether oxygens (including phenoxy) is 1. The molecule has 0 aromatic heterocycles. The van der Waals surface area contributed by atoms with E-state index in [0.717, 1.165) is 28.5 Å². The van der Waals surface area contributed by atoms with Crippen molar-refractivity contribution < 1.29 is 4.74 Å². The topological polar surface area (TPSA) is 21.3 Å². The van der Waals surface area contributed by atoms with Crippen molar-refractivity contribution in [2.75, 3.05) is 7.05 Å². The molecule has 1 heterocycles. The molecule has 0 amide bonds. The van der Waals surface area contributed by atoms with Gasteiger partial charge in [0.25, 0.3) is 0 Å². The molecule has 1 spiro atoms. The van der Waals surface area contributed by atoms with Crippen molar-refractivity contribution >= 4 is 15.9 Å². The van der Waals surface area contributed by atoms with Crippen molar-refractivity contribution in [3.8, 4) is 5.75 Å². The Morgan fingerprint density at radius 2 is 2.05 bits per heavy atom. The Morgan fingerprint density at radius 1 is 1.19 bits per heavy atom. The molecule has 21 heavy (non-hydrogen) atoms. The summed E-state index contributed by atoms with van der Waals surface area (Å²) in [5, 5.41) is 3.52. The second-order valence-corrected chi connectivity index (χ2v) is 8.12. The summed E-state index contributed by atoms with van der Waals surface area (Å²) >= 11 is 3.59. The van der Waals surface area contributed by atoms with E-state index in [-0.39, 0.29) is 5.60 Å². The highest BCUT2D eigenvalue weighted by Gasteiger charge is 2.47. The maximum absolute atomic E-state index is 6.61. The maximum Gasteiger partial charge on any atom is 0.126 e. The Kier molecular flexibility index (Phi) is 3.54. The Morgan fingerprint density at radius 3 is 2.81 bits per heavy atom. The fourth-order valence-corrected chi connectivity index (χ4v) is 4.86. The molecule has 1 aliphatic heterocycles. The minimum absolute atomic E-state index is 0.0764. The molecule has 2 fully saturated rings. The van der Waals surface area contributed by atoms with Crippen LogP contribution in [0.5, 0.6) is 5.75 Å². The van der Waals surface area contributed by atoms with Gasteiger partial charge in [0.2, 0.25) is 0 Å². The first kappa shape index (κ1) is 14.1. The fraction of sp³-hybridized carbons (Fsp3) is 0.667. The van der Waals surface area contributed by atoms with Crippen molar-refractivity contribution in [3.63, 3.8) is 0 Å². The standard InChI is InChI=1S/C18H24BrNO/c1-20-16-11-18(8-2-3-13(10-18)12-4-5-12)21-17-9-14(19)6-7-15(16)17/h6-7,9,12-13,16,20H,2-5,8,10-11H2,1H3. The van der Waals surface area contributed by atoms with Gasteiger partial charge in [-0.3, -0.25) is 0 Å².